The standard InChI is InChI=1S/C14H18Cl2N2O4S2/c15-11-1-2-12(16)13(9-11)24(21,22)18-5-3-17(4-6-18)14(20)10-23-8-7-19/h1-2,9,19H,3-8,10H2. The molecule has 2 rings (SSSR count). The van der Waals surface area contributed by atoms with E-state index in [1.165, 1.54) is 34.3 Å². The van der Waals surface area contributed by atoms with Crippen LogP contribution in [0.2, 0.25) is 10.0 Å². The predicted octanol–water partition coefficient (Wildman–Crippen LogP) is 1.55. The van der Waals surface area contributed by atoms with E-state index < -0.39 is 10.0 Å². The van der Waals surface area contributed by atoms with Crippen molar-refractivity contribution in [1.82, 2.24) is 9.21 Å². The number of carbonyl (C=O) groups excluding carboxylic acids is 1. The Bertz CT molecular complexity index is 692. The van der Waals surface area contributed by atoms with Crippen molar-refractivity contribution in [3.05, 3.63) is 28.2 Å². The minimum absolute atomic E-state index is 0.0186. The van der Waals surface area contributed by atoms with Crippen LogP contribution in [0.3, 0.4) is 0 Å². The summed E-state index contributed by atoms with van der Waals surface area (Å²) in [5.41, 5.74) is 0. The average molecular weight is 413 g/mol. The third-order valence-electron chi connectivity index (χ3n) is 3.56. The van der Waals surface area contributed by atoms with E-state index in [0.29, 0.717) is 23.9 Å². The maximum absolute atomic E-state index is 12.7. The highest BCUT2D eigenvalue weighted by molar-refractivity contribution is 7.99. The van der Waals surface area contributed by atoms with Crippen LogP contribution in [0.4, 0.5) is 0 Å². The summed E-state index contributed by atoms with van der Waals surface area (Å²) in [5.74, 6) is 0.743. The van der Waals surface area contributed by atoms with E-state index >= 15 is 0 Å². The topological polar surface area (TPSA) is 77.9 Å². The summed E-state index contributed by atoms with van der Waals surface area (Å²) in [6.07, 6.45) is 0. The molecule has 0 radical (unpaired) electrons. The van der Waals surface area contributed by atoms with Crippen molar-refractivity contribution in [1.29, 1.82) is 0 Å². The van der Waals surface area contributed by atoms with Crippen molar-refractivity contribution in [2.45, 2.75) is 4.90 Å². The lowest BCUT2D eigenvalue weighted by atomic mass is 10.3. The van der Waals surface area contributed by atoms with Crippen molar-refractivity contribution in [2.75, 3.05) is 44.3 Å². The largest absolute Gasteiger partial charge is 0.396 e. The smallest absolute Gasteiger partial charge is 0.244 e. The lowest BCUT2D eigenvalue weighted by molar-refractivity contribution is -0.129. The number of hydrogen-bond donors (Lipinski definition) is 1. The molecule has 10 heteroatoms. The van der Waals surface area contributed by atoms with Gasteiger partial charge >= 0.3 is 0 Å². The average Bonchev–Trinajstić information content (AvgIpc) is 2.57. The Labute approximate surface area is 155 Å². The third-order valence-corrected chi connectivity index (χ3v) is 7.10. The number of piperazine rings is 1. The first-order valence-corrected chi connectivity index (χ1v) is 10.6. The number of aliphatic hydroxyl groups is 1. The zero-order valence-corrected chi connectivity index (χ0v) is 16.0. The number of nitrogens with zero attached hydrogens (tertiary/aromatic N) is 2. The predicted molar refractivity (Wildman–Crippen MR) is 96.2 cm³/mol. The molecule has 1 heterocycles. The molecule has 0 aliphatic carbocycles. The molecule has 24 heavy (non-hydrogen) atoms. The maximum Gasteiger partial charge on any atom is 0.244 e. The fourth-order valence-electron chi connectivity index (χ4n) is 2.31. The van der Waals surface area contributed by atoms with Crippen LogP contribution < -0.4 is 0 Å². The zero-order chi connectivity index (χ0) is 17.7. The van der Waals surface area contributed by atoms with Crippen LogP contribution in [0.1, 0.15) is 0 Å². The number of rotatable bonds is 6. The molecule has 134 valence electrons. The molecule has 0 atom stereocenters. The van der Waals surface area contributed by atoms with Crippen LogP contribution in [0.5, 0.6) is 0 Å². The third kappa shape index (κ3) is 4.77. The molecule has 1 amide bonds. The van der Waals surface area contributed by atoms with Gasteiger partial charge in [-0.1, -0.05) is 23.2 Å². The van der Waals surface area contributed by atoms with Crippen molar-refractivity contribution in [3.8, 4) is 0 Å². The number of sulfonamides is 1. The molecule has 0 aromatic heterocycles. The second kappa shape index (κ2) is 8.73. The fraction of sp³-hybridized carbons (Fsp3) is 0.500. The van der Waals surface area contributed by atoms with Crippen molar-refractivity contribution in [3.63, 3.8) is 0 Å². The summed E-state index contributed by atoms with van der Waals surface area (Å²) in [6, 6.07) is 4.32. The molecule has 1 aliphatic heterocycles. The summed E-state index contributed by atoms with van der Waals surface area (Å²) < 4.78 is 26.7. The maximum atomic E-state index is 12.7. The molecule has 1 aromatic carbocycles. The Balaban J connectivity index is 2.01. The molecule has 0 unspecified atom stereocenters. The lowest BCUT2D eigenvalue weighted by Crippen LogP contribution is -2.51. The van der Waals surface area contributed by atoms with Crippen molar-refractivity contribution < 1.29 is 18.3 Å². The Morgan fingerprint density at radius 3 is 2.50 bits per heavy atom. The molecule has 1 aromatic rings. The minimum Gasteiger partial charge on any atom is -0.396 e. The first kappa shape index (κ1) is 19.8. The summed E-state index contributed by atoms with van der Waals surface area (Å²) in [6.45, 7) is 1.11. The number of halogens is 2. The highest BCUT2D eigenvalue weighted by Crippen LogP contribution is 2.28. The summed E-state index contributed by atoms with van der Waals surface area (Å²) in [7, 11) is -3.74. The fourth-order valence-corrected chi connectivity index (χ4v) is 5.10. The van der Waals surface area contributed by atoms with E-state index in [4.69, 9.17) is 28.3 Å². The van der Waals surface area contributed by atoms with Gasteiger partial charge in [-0.2, -0.15) is 4.31 Å². The van der Waals surface area contributed by atoms with Crippen LogP contribution in [-0.4, -0.2) is 72.9 Å². The molecule has 1 N–H and O–H groups in total. The van der Waals surface area contributed by atoms with Gasteiger partial charge in [-0.15, -0.1) is 11.8 Å². The minimum atomic E-state index is -3.74. The van der Waals surface area contributed by atoms with Gasteiger partial charge in [0.25, 0.3) is 0 Å². The summed E-state index contributed by atoms with van der Waals surface area (Å²) in [4.78, 5) is 13.6. The van der Waals surface area contributed by atoms with Crippen molar-refractivity contribution in [2.24, 2.45) is 0 Å². The van der Waals surface area contributed by atoms with E-state index in [2.05, 4.69) is 0 Å². The van der Waals surface area contributed by atoms with E-state index in [1.54, 1.807) is 4.90 Å². The number of benzene rings is 1. The van der Waals surface area contributed by atoms with E-state index in [0.717, 1.165) is 0 Å². The molecule has 0 bridgehead atoms. The molecule has 0 spiro atoms. The lowest BCUT2D eigenvalue weighted by Gasteiger charge is -2.34. The first-order chi connectivity index (χ1) is 11.4. The summed E-state index contributed by atoms with van der Waals surface area (Å²) in [5, 5.41) is 9.15. The van der Waals surface area contributed by atoms with Gasteiger partial charge in [0.1, 0.15) is 4.90 Å². The Morgan fingerprint density at radius 2 is 1.88 bits per heavy atom. The monoisotopic (exact) mass is 412 g/mol. The van der Waals surface area contributed by atoms with Crippen LogP contribution in [0.15, 0.2) is 23.1 Å². The number of aliphatic hydroxyl groups excluding tert-OH is 1. The second-order valence-electron chi connectivity index (χ2n) is 5.14. The Morgan fingerprint density at radius 1 is 1.21 bits per heavy atom. The summed E-state index contributed by atoms with van der Waals surface area (Å²) >= 11 is 13.2. The Kier molecular flexibility index (Phi) is 7.21. The highest BCUT2D eigenvalue weighted by atomic mass is 35.5. The molecule has 1 saturated heterocycles. The molecule has 1 aliphatic rings. The van der Waals surface area contributed by atoms with Gasteiger partial charge in [-0.25, -0.2) is 8.42 Å². The van der Waals surface area contributed by atoms with E-state index in [1.807, 2.05) is 0 Å². The SMILES string of the molecule is O=C(CSCCO)N1CCN(S(=O)(=O)c2cc(Cl)ccc2Cl)CC1. The molecular weight excluding hydrogens is 395 g/mol. The number of thioether (sulfide) groups is 1. The highest BCUT2D eigenvalue weighted by Gasteiger charge is 2.31. The van der Waals surface area contributed by atoms with Gasteiger partial charge < -0.3 is 10.0 Å². The quantitative estimate of drug-likeness (QED) is 0.717. The van der Waals surface area contributed by atoms with Crippen molar-refractivity contribution >= 4 is 50.9 Å². The van der Waals surface area contributed by atoms with Crippen LogP contribution in [0.25, 0.3) is 0 Å². The molecular formula is C14H18Cl2N2O4S2. The normalized spacial score (nSPS) is 16.4. The molecule has 1 fully saturated rings. The second-order valence-corrected chi connectivity index (χ2v) is 8.99. The molecule has 6 nitrogen and oxygen atoms in total. The van der Waals surface area contributed by atoms with Gasteiger partial charge in [-0.3, -0.25) is 4.79 Å². The van der Waals surface area contributed by atoms with E-state index in [-0.39, 0.29) is 41.3 Å². The zero-order valence-electron chi connectivity index (χ0n) is 12.8. The van der Waals surface area contributed by atoms with Gasteiger partial charge in [0.2, 0.25) is 15.9 Å². The number of carbonyl (C=O) groups is 1. The van der Waals surface area contributed by atoms with Gasteiger partial charge in [0.15, 0.2) is 0 Å². The number of amides is 1. The van der Waals surface area contributed by atoms with Crippen LogP contribution in [0, 0.1) is 0 Å². The van der Waals surface area contributed by atoms with Gasteiger partial charge in [0.05, 0.1) is 17.4 Å². The Hall–Kier alpha value is -0.510. The number of hydrogen-bond acceptors (Lipinski definition) is 5. The van der Waals surface area contributed by atoms with Crippen LogP contribution in [-0.2, 0) is 14.8 Å². The van der Waals surface area contributed by atoms with Gasteiger partial charge in [0, 0.05) is 37.0 Å². The van der Waals surface area contributed by atoms with Crippen LogP contribution >= 0.6 is 35.0 Å². The molecule has 0 saturated carbocycles. The van der Waals surface area contributed by atoms with Gasteiger partial charge in [-0.05, 0) is 18.2 Å². The van der Waals surface area contributed by atoms with E-state index in [9.17, 15) is 13.2 Å². The first-order valence-electron chi connectivity index (χ1n) is 7.28.